The van der Waals surface area contributed by atoms with E-state index in [1.54, 1.807) is 27.0 Å². The number of halogens is 1. The molecule has 0 bridgehead atoms. The third-order valence-electron chi connectivity index (χ3n) is 1.88. The number of hydrogen-bond acceptors (Lipinski definition) is 2. The molecule has 0 unspecified atom stereocenters. The van der Waals surface area contributed by atoms with E-state index in [1.807, 2.05) is 12.1 Å². The topological polar surface area (TPSA) is 29.5 Å². The summed E-state index contributed by atoms with van der Waals surface area (Å²) < 4.78 is 5.18. The predicted octanol–water partition coefficient (Wildman–Crippen LogP) is 2.66. The lowest BCUT2D eigenvalue weighted by Gasteiger charge is -2.19. The van der Waals surface area contributed by atoms with Crippen LogP contribution in [0.5, 0.6) is 5.75 Å². The van der Waals surface area contributed by atoms with Crippen LogP contribution >= 0.6 is 11.6 Å². The first-order chi connectivity index (χ1) is 6.44. The van der Waals surface area contributed by atoms with E-state index in [9.17, 15) is 5.11 Å². The number of aliphatic hydroxyl groups is 1. The molecule has 0 aliphatic rings. The first-order valence-electron chi connectivity index (χ1n) is 4.48. The lowest BCUT2D eigenvalue weighted by molar-refractivity contribution is 0.0803. The van der Waals surface area contributed by atoms with Gasteiger partial charge in [0.25, 0.3) is 0 Å². The molecule has 0 saturated carbocycles. The average molecular weight is 215 g/mol. The molecule has 3 heteroatoms. The van der Waals surface area contributed by atoms with Gasteiger partial charge in [-0.3, -0.25) is 0 Å². The van der Waals surface area contributed by atoms with Gasteiger partial charge in [-0.25, -0.2) is 0 Å². The summed E-state index contributed by atoms with van der Waals surface area (Å²) in [4.78, 5) is 0. The second kappa shape index (κ2) is 4.20. The number of ether oxygens (including phenoxy) is 1. The van der Waals surface area contributed by atoms with Gasteiger partial charge >= 0.3 is 0 Å². The normalized spacial score (nSPS) is 11.5. The molecule has 0 radical (unpaired) electrons. The van der Waals surface area contributed by atoms with Crippen molar-refractivity contribution in [2.75, 3.05) is 7.11 Å². The fraction of sp³-hybridized carbons (Fsp3) is 0.455. The zero-order chi connectivity index (χ0) is 10.8. The van der Waals surface area contributed by atoms with Gasteiger partial charge in [0.1, 0.15) is 5.75 Å². The van der Waals surface area contributed by atoms with Gasteiger partial charge in [0.15, 0.2) is 0 Å². The third kappa shape index (κ3) is 2.89. The highest BCUT2D eigenvalue weighted by molar-refractivity contribution is 6.32. The summed E-state index contributed by atoms with van der Waals surface area (Å²) in [6.07, 6.45) is 0.525. The number of benzene rings is 1. The van der Waals surface area contributed by atoms with Crippen molar-refractivity contribution < 1.29 is 9.84 Å². The highest BCUT2D eigenvalue weighted by Gasteiger charge is 2.17. The van der Waals surface area contributed by atoms with E-state index in [4.69, 9.17) is 16.3 Å². The van der Waals surface area contributed by atoms with Gasteiger partial charge in [-0.05, 0) is 25.5 Å². The number of methoxy groups -OCH3 is 1. The molecular formula is C11H15ClO2. The first-order valence-corrected chi connectivity index (χ1v) is 4.85. The van der Waals surface area contributed by atoms with Crippen molar-refractivity contribution in [3.05, 3.63) is 28.8 Å². The Kier molecular flexibility index (Phi) is 3.40. The molecule has 1 aromatic rings. The molecule has 78 valence electrons. The van der Waals surface area contributed by atoms with Crippen molar-refractivity contribution in [1.29, 1.82) is 0 Å². The first kappa shape index (κ1) is 11.3. The standard InChI is InChI=1S/C11H15ClO2/c1-11(2,13)7-8-5-4-6-9(12)10(8)14-3/h4-6,13H,7H2,1-3H3. The lowest BCUT2D eigenvalue weighted by Crippen LogP contribution is -2.22. The lowest BCUT2D eigenvalue weighted by atomic mass is 9.98. The van der Waals surface area contributed by atoms with Crippen molar-refractivity contribution in [1.82, 2.24) is 0 Å². The van der Waals surface area contributed by atoms with Crippen LogP contribution in [0.4, 0.5) is 0 Å². The monoisotopic (exact) mass is 214 g/mol. The Morgan fingerprint density at radius 2 is 2.07 bits per heavy atom. The Morgan fingerprint density at radius 3 is 2.57 bits per heavy atom. The van der Waals surface area contributed by atoms with Crippen molar-refractivity contribution in [3.8, 4) is 5.75 Å². The largest absolute Gasteiger partial charge is 0.495 e. The summed E-state index contributed by atoms with van der Waals surface area (Å²) in [6.45, 7) is 3.51. The van der Waals surface area contributed by atoms with Crippen LogP contribution in [0.25, 0.3) is 0 Å². The Hall–Kier alpha value is -0.730. The van der Waals surface area contributed by atoms with E-state index in [2.05, 4.69) is 0 Å². The Morgan fingerprint density at radius 1 is 1.43 bits per heavy atom. The summed E-state index contributed by atoms with van der Waals surface area (Å²) in [7, 11) is 1.58. The van der Waals surface area contributed by atoms with Gasteiger partial charge in [0.2, 0.25) is 0 Å². The molecule has 0 atom stereocenters. The maximum absolute atomic E-state index is 9.68. The second-order valence-corrected chi connectivity index (χ2v) is 4.33. The average Bonchev–Trinajstić information content (AvgIpc) is 2.01. The maximum Gasteiger partial charge on any atom is 0.140 e. The molecule has 14 heavy (non-hydrogen) atoms. The third-order valence-corrected chi connectivity index (χ3v) is 2.17. The van der Waals surface area contributed by atoms with Crippen LogP contribution in [0.3, 0.4) is 0 Å². The van der Waals surface area contributed by atoms with E-state index in [0.717, 1.165) is 5.56 Å². The highest BCUT2D eigenvalue weighted by Crippen LogP contribution is 2.30. The maximum atomic E-state index is 9.68. The highest BCUT2D eigenvalue weighted by atomic mass is 35.5. The zero-order valence-electron chi connectivity index (χ0n) is 8.67. The fourth-order valence-corrected chi connectivity index (χ4v) is 1.66. The summed E-state index contributed by atoms with van der Waals surface area (Å²) >= 11 is 5.95. The SMILES string of the molecule is COc1c(Cl)cccc1CC(C)(C)O. The van der Waals surface area contributed by atoms with E-state index in [1.165, 1.54) is 0 Å². The van der Waals surface area contributed by atoms with Crippen molar-refractivity contribution in [3.63, 3.8) is 0 Å². The van der Waals surface area contributed by atoms with Crippen LogP contribution in [0.1, 0.15) is 19.4 Å². The predicted molar refractivity (Wildman–Crippen MR) is 58.0 cm³/mol. The van der Waals surface area contributed by atoms with Gasteiger partial charge in [-0.2, -0.15) is 0 Å². The number of hydrogen-bond donors (Lipinski definition) is 1. The summed E-state index contributed by atoms with van der Waals surface area (Å²) in [5, 5.41) is 10.3. The molecule has 0 heterocycles. The van der Waals surface area contributed by atoms with Crippen LogP contribution in [0, 0.1) is 0 Å². The van der Waals surface area contributed by atoms with Gasteiger partial charge in [-0.15, -0.1) is 0 Å². The smallest absolute Gasteiger partial charge is 0.140 e. The molecule has 0 aromatic heterocycles. The molecule has 0 fully saturated rings. The van der Waals surface area contributed by atoms with E-state index in [0.29, 0.717) is 17.2 Å². The van der Waals surface area contributed by atoms with E-state index < -0.39 is 5.60 Å². The van der Waals surface area contributed by atoms with Crippen LogP contribution in [-0.4, -0.2) is 17.8 Å². The molecule has 2 nitrogen and oxygen atoms in total. The molecular weight excluding hydrogens is 200 g/mol. The molecule has 1 aromatic carbocycles. The van der Waals surface area contributed by atoms with Crippen LogP contribution in [0.2, 0.25) is 5.02 Å². The minimum atomic E-state index is -0.752. The second-order valence-electron chi connectivity index (χ2n) is 3.92. The molecule has 0 aliphatic heterocycles. The van der Waals surface area contributed by atoms with Crippen molar-refractivity contribution >= 4 is 11.6 Å². The number of para-hydroxylation sites is 1. The minimum Gasteiger partial charge on any atom is -0.495 e. The Balaban J connectivity index is 3.02. The van der Waals surface area contributed by atoms with Crippen LogP contribution in [0.15, 0.2) is 18.2 Å². The Labute approximate surface area is 89.5 Å². The quantitative estimate of drug-likeness (QED) is 0.839. The summed E-state index contributed by atoms with van der Waals surface area (Å²) in [5.74, 6) is 0.649. The van der Waals surface area contributed by atoms with Gasteiger partial charge in [0.05, 0.1) is 17.7 Å². The summed E-state index contributed by atoms with van der Waals surface area (Å²) in [5.41, 5.74) is 0.172. The van der Waals surface area contributed by atoms with Crippen LogP contribution < -0.4 is 4.74 Å². The molecule has 0 spiro atoms. The molecule has 0 aliphatic carbocycles. The molecule has 1 N–H and O–H groups in total. The molecule has 1 rings (SSSR count). The van der Waals surface area contributed by atoms with Gasteiger partial charge in [0, 0.05) is 6.42 Å². The van der Waals surface area contributed by atoms with Gasteiger partial charge in [-0.1, -0.05) is 23.7 Å². The fourth-order valence-electron chi connectivity index (χ4n) is 1.39. The van der Waals surface area contributed by atoms with Gasteiger partial charge < -0.3 is 9.84 Å². The zero-order valence-corrected chi connectivity index (χ0v) is 9.43. The van der Waals surface area contributed by atoms with E-state index >= 15 is 0 Å². The van der Waals surface area contributed by atoms with Crippen molar-refractivity contribution in [2.24, 2.45) is 0 Å². The number of rotatable bonds is 3. The molecule has 0 saturated heterocycles. The minimum absolute atomic E-state index is 0.525. The molecule has 0 amide bonds. The van der Waals surface area contributed by atoms with Crippen molar-refractivity contribution in [2.45, 2.75) is 25.9 Å². The summed E-state index contributed by atoms with van der Waals surface area (Å²) in [6, 6.07) is 5.53. The van der Waals surface area contributed by atoms with E-state index in [-0.39, 0.29) is 0 Å². The Bertz CT molecular complexity index is 316. The van der Waals surface area contributed by atoms with Crippen LogP contribution in [-0.2, 0) is 6.42 Å².